The van der Waals surface area contributed by atoms with Crippen molar-refractivity contribution >= 4 is 11.9 Å². The molecule has 0 spiro atoms. The van der Waals surface area contributed by atoms with E-state index >= 15 is 0 Å². The molecule has 5 heteroatoms. The van der Waals surface area contributed by atoms with E-state index in [9.17, 15) is 9.59 Å². The zero-order valence-corrected chi connectivity index (χ0v) is 10.9. The standard InChI is InChI=1S/C13H18N2O3/c1-4-11(13(17)18-3)12(16)15(2)9-10-7-5-6-8-14-10/h5-8,11H,4,9H2,1-3H3. The summed E-state index contributed by atoms with van der Waals surface area (Å²) in [6.45, 7) is 2.17. The lowest BCUT2D eigenvalue weighted by molar-refractivity contribution is -0.153. The van der Waals surface area contributed by atoms with Gasteiger partial charge >= 0.3 is 5.97 Å². The Morgan fingerprint density at radius 1 is 1.44 bits per heavy atom. The van der Waals surface area contributed by atoms with Crippen molar-refractivity contribution in [3.63, 3.8) is 0 Å². The largest absolute Gasteiger partial charge is 0.468 e. The second-order valence-corrected chi connectivity index (χ2v) is 4.00. The molecule has 0 radical (unpaired) electrons. The van der Waals surface area contributed by atoms with Crippen LogP contribution in [-0.4, -0.2) is 35.9 Å². The van der Waals surface area contributed by atoms with E-state index in [0.717, 1.165) is 5.69 Å². The first kappa shape index (κ1) is 14.2. The number of aromatic nitrogens is 1. The van der Waals surface area contributed by atoms with Gasteiger partial charge in [-0.05, 0) is 18.6 Å². The normalized spacial score (nSPS) is 11.7. The van der Waals surface area contributed by atoms with Crippen molar-refractivity contribution in [2.75, 3.05) is 14.2 Å². The van der Waals surface area contributed by atoms with Crippen LogP contribution in [0.3, 0.4) is 0 Å². The van der Waals surface area contributed by atoms with E-state index in [2.05, 4.69) is 9.72 Å². The molecule has 0 aliphatic carbocycles. The number of carbonyl (C=O) groups is 2. The van der Waals surface area contributed by atoms with Gasteiger partial charge in [0.25, 0.3) is 0 Å². The van der Waals surface area contributed by atoms with Gasteiger partial charge in [-0.3, -0.25) is 14.6 Å². The Kier molecular flexibility index (Phi) is 5.30. The molecular formula is C13H18N2O3. The third-order valence-corrected chi connectivity index (χ3v) is 2.69. The summed E-state index contributed by atoms with van der Waals surface area (Å²) in [6, 6.07) is 5.51. The molecule has 0 aromatic carbocycles. The monoisotopic (exact) mass is 250 g/mol. The van der Waals surface area contributed by atoms with Crippen LogP contribution in [0.4, 0.5) is 0 Å². The van der Waals surface area contributed by atoms with Crippen LogP contribution in [0.2, 0.25) is 0 Å². The number of hydrogen-bond donors (Lipinski definition) is 0. The molecule has 0 bridgehead atoms. The quantitative estimate of drug-likeness (QED) is 0.582. The van der Waals surface area contributed by atoms with E-state index < -0.39 is 11.9 Å². The SMILES string of the molecule is CCC(C(=O)OC)C(=O)N(C)Cc1ccccn1. The topological polar surface area (TPSA) is 59.5 Å². The van der Waals surface area contributed by atoms with Crippen LogP contribution in [0, 0.1) is 5.92 Å². The highest BCUT2D eigenvalue weighted by Crippen LogP contribution is 2.10. The first-order valence-electron chi connectivity index (χ1n) is 5.82. The van der Waals surface area contributed by atoms with Crippen molar-refractivity contribution in [1.82, 2.24) is 9.88 Å². The maximum atomic E-state index is 12.1. The molecule has 0 saturated carbocycles. The van der Waals surface area contributed by atoms with Crippen LogP contribution >= 0.6 is 0 Å². The van der Waals surface area contributed by atoms with Gasteiger partial charge in [0.05, 0.1) is 19.3 Å². The van der Waals surface area contributed by atoms with Gasteiger partial charge in [0.2, 0.25) is 5.91 Å². The molecule has 1 unspecified atom stereocenters. The average Bonchev–Trinajstić information content (AvgIpc) is 2.40. The van der Waals surface area contributed by atoms with Gasteiger partial charge in [0.15, 0.2) is 0 Å². The molecule has 1 aromatic rings. The second-order valence-electron chi connectivity index (χ2n) is 4.00. The Morgan fingerprint density at radius 2 is 2.17 bits per heavy atom. The number of ether oxygens (including phenoxy) is 1. The fourth-order valence-corrected chi connectivity index (χ4v) is 1.66. The fourth-order valence-electron chi connectivity index (χ4n) is 1.66. The summed E-state index contributed by atoms with van der Waals surface area (Å²) in [4.78, 5) is 29.2. The molecule has 1 aromatic heterocycles. The zero-order chi connectivity index (χ0) is 13.5. The maximum absolute atomic E-state index is 12.1. The molecule has 1 amide bonds. The van der Waals surface area contributed by atoms with E-state index in [4.69, 9.17) is 0 Å². The van der Waals surface area contributed by atoms with Crippen molar-refractivity contribution in [2.24, 2.45) is 5.92 Å². The van der Waals surface area contributed by atoms with Gasteiger partial charge in [-0.1, -0.05) is 13.0 Å². The molecule has 0 saturated heterocycles. The number of esters is 1. The first-order valence-corrected chi connectivity index (χ1v) is 5.82. The van der Waals surface area contributed by atoms with Crippen molar-refractivity contribution in [3.05, 3.63) is 30.1 Å². The summed E-state index contributed by atoms with van der Waals surface area (Å²) in [5.41, 5.74) is 0.785. The van der Waals surface area contributed by atoms with Crippen LogP contribution in [0.5, 0.6) is 0 Å². The van der Waals surface area contributed by atoms with E-state index in [-0.39, 0.29) is 5.91 Å². The van der Waals surface area contributed by atoms with E-state index in [1.165, 1.54) is 12.0 Å². The molecule has 98 valence electrons. The summed E-state index contributed by atoms with van der Waals surface area (Å²) < 4.78 is 4.62. The van der Waals surface area contributed by atoms with Gasteiger partial charge in [0, 0.05) is 13.2 Å². The van der Waals surface area contributed by atoms with Gasteiger partial charge in [-0.25, -0.2) is 0 Å². The second kappa shape index (κ2) is 6.74. The minimum Gasteiger partial charge on any atom is -0.468 e. The van der Waals surface area contributed by atoms with Gasteiger partial charge in [0.1, 0.15) is 5.92 Å². The van der Waals surface area contributed by atoms with Gasteiger partial charge in [-0.2, -0.15) is 0 Å². The predicted octanol–water partition coefficient (Wildman–Crippen LogP) is 1.24. The summed E-state index contributed by atoms with van der Waals surface area (Å²) >= 11 is 0. The Morgan fingerprint density at radius 3 is 2.67 bits per heavy atom. The van der Waals surface area contributed by atoms with E-state index in [1.54, 1.807) is 20.2 Å². The van der Waals surface area contributed by atoms with E-state index in [1.807, 2.05) is 18.2 Å². The van der Waals surface area contributed by atoms with E-state index in [0.29, 0.717) is 13.0 Å². The Bertz CT molecular complexity index is 406. The van der Waals surface area contributed by atoms with Crippen LogP contribution < -0.4 is 0 Å². The van der Waals surface area contributed by atoms with Crippen molar-refractivity contribution in [3.8, 4) is 0 Å². The number of methoxy groups -OCH3 is 1. The lowest BCUT2D eigenvalue weighted by Crippen LogP contribution is -2.37. The summed E-state index contributed by atoms with van der Waals surface area (Å²) in [5, 5.41) is 0. The average molecular weight is 250 g/mol. The Balaban J connectivity index is 2.68. The van der Waals surface area contributed by atoms with Crippen LogP contribution in [0.1, 0.15) is 19.0 Å². The molecule has 0 N–H and O–H groups in total. The van der Waals surface area contributed by atoms with Gasteiger partial charge < -0.3 is 9.64 Å². The molecule has 0 aliphatic heterocycles. The maximum Gasteiger partial charge on any atom is 0.318 e. The third-order valence-electron chi connectivity index (χ3n) is 2.69. The molecule has 0 fully saturated rings. The minimum absolute atomic E-state index is 0.241. The van der Waals surface area contributed by atoms with Crippen molar-refractivity contribution in [1.29, 1.82) is 0 Å². The Labute approximate surface area is 107 Å². The molecular weight excluding hydrogens is 232 g/mol. The number of pyridine rings is 1. The molecule has 1 heterocycles. The molecule has 5 nitrogen and oxygen atoms in total. The molecule has 1 atom stereocenters. The summed E-state index contributed by atoms with van der Waals surface area (Å²) in [5.74, 6) is -1.46. The highest BCUT2D eigenvalue weighted by molar-refractivity contribution is 5.97. The Hall–Kier alpha value is -1.91. The lowest BCUT2D eigenvalue weighted by atomic mass is 10.1. The number of hydrogen-bond acceptors (Lipinski definition) is 4. The minimum atomic E-state index is -0.733. The summed E-state index contributed by atoms with van der Waals surface area (Å²) in [6.07, 6.45) is 2.10. The fraction of sp³-hybridized carbons (Fsp3) is 0.462. The zero-order valence-electron chi connectivity index (χ0n) is 10.9. The van der Waals surface area contributed by atoms with Crippen LogP contribution in [-0.2, 0) is 20.9 Å². The van der Waals surface area contributed by atoms with Crippen LogP contribution in [0.25, 0.3) is 0 Å². The first-order chi connectivity index (χ1) is 8.60. The third kappa shape index (κ3) is 3.55. The molecule has 0 aliphatic rings. The molecule has 18 heavy (non-hydrogen) atoms. The predicted molar refractivity (Wildman–Crippen MR) is 66.5 cm³/mol. The van der Waals surface area contributed by atoms with Crippen molar-refractivity contribution < 1.29 is 14.3 Å². The number of carbonyl (C=O) groups excluding carboxylic acids is 2. The highest BCUT2D eigenvalue weighted by Gasteiger charge is 2.28. The lowest BCUT2D eigenvalue weighted by Gasteiger charge is -2.21. The summed E-state index contributed by atoms with van der Waals surface area (Å²) in [7, 11) is 2.94. The van der Waals surface area contributed by atoms with Crippen molar-refractivity contribution in [2.45, 2.75) is 19.9 Å². The number of nitrogens with zero attached hydrogens (tertiary/aromatic N) is 2. The smallest absolute Gasteiger partial charge is 0.318 e. The number of amides is 1. The highest BCUT2D eigenvalue weighted by atomic mass is 16.5. The van der Waals surface area contributed by atoms with Crippen LogP contribution in [0.15, 0.2) is 24.4 Å². The molecule has 1 rings (SSSR count). The number of rotatable bonds is 5. The van der Waals surface area contributed by atoms with Gasteiger partial charge in [-0.15, -0.1) is 0 Å².